The summed E-state index contributed by atoms with van der Waals surface area (Å²) >= 11 is 6.05. The summed E-state index contributed by atoms with van der Waals surface area (Å²) in [6.07, 6.45) is 0. The molecule has 2 rings (SSSR count). The Morgan fingerprint density at radius 3 is 2.63 bits per heavy atom. The Morgan fingerprint density at radius 2 is 1.95 bits per heavy atom. The molecule has 0 aromatic heterocycles. The van der Waals surface area contributed by atoms with Crippen LogP contribution < -0.4 is 0 Å². The first-order chi connectivity index (χ1) is 9.08. The zero-order chi connectivity index (χ0) is 13.8. The number of rotatable bonds is 3. The molecule has 1 amide bonds. The molecule has 0 bridgehead atoms. The first-order valence-corrected chi connectivity index (χ1v) is 6.20. The van der Waals surface area contributed by atoms with Crippen molar-refractivity contribution in [2.75, 3.05) is 7.05 Å². The number of nitrogens with zero attached hydrogens (tertiary/aromatic N) is 1. The van der Waals surface area contributed by atoms with Crippen molar-refractivity contribution < 1.29 is 9.18 Å². The summed E-state index contributed by atoms with van der Waals surface area (Å²) < 4.78 is 13.1. The lowest BCUT2D eigenvalue weighted by Gasteiger charge is -2.18. The quantitative estimate of drug-likeness (QED) is 0.837. The van der Waals surface area contributed by atoms with Crippen LogP contribution in [0.4, 0.5) is 4.39 Å². The van der Waals surface area contributed by atoms with Crippen LogP contribution in [0.1, 0.15) is 15.9 Å². The van der Waals surface area contributed by atoms with E-state index in [4.69, 9.17) is 11.6 Å². The second kappa shape index (κ2) is 5.85. The highest BCUT2D eigenvalue weighted by Crippen LogP contribution is 2.17. The molecule has 0 spiro atoms. The van der Waals surface area contributed by atoms with Crippen LogP contribution in [0.15, 0.2) is 48.5 Å². The van der Waals surface area contributed by atoms with Crippen molar-refractivity contribution in [2.24, 2.45) is 0 Å². The fourth-order valence-electron chi connectivity index (χ4n) is 1.80. The smallest absolute Gasteiger partial charge is 0.253 e. The van der Waals surface area contributed by atoms with E-state index in [1.54, 1.807) is 19.2 Å². The van der Waals surface area contributed by atoms with Crippen molar-refractivity contribution in [1.82, 2.24) is 4.90 Å². The zero-order valence-electron chi connectivity index (χ0n) is 10.4. The minimum absolute atomic E-state index is 0.237. The average Bonchev–Trinajstić information content (AvgIpc) is 2.40. The van der Waals surface area contributed by atoms with Crippen LogP contribution in [-0.2, 0) is 6.54 Å². The Balaban J connectivity index is 2.14. The van der Waals surface area contributed by atoms with Crippen LogP contribution in [0.3, 0.4) is 0 Å². The number of benzene rings is 2. The van der Waals surface area contributed by atoms with E-state index in [-0.39, 0.29) is 5.91 Å². The number of halogens is 2. The number of carbonyl (C=O) groups excluding carboxylic acids is 1. The molecule has 19 heavy (non-hydrogen) atoms. The molecule has 2 nitrogen and oxygen atoms in total. The van der Waals surface area contributed by atoms with Crippen LogP contribution >= 0.6 is 11.6 Å². The molecular weight excluding hydrogens is 265 g/mol. The molecular formula is C15H13ClFNO. The molecule has 0 saturated heterocycles. The monoisotopic (exact) mass is 277 g/mol. The van der Waals surface area contributed by atoms with Gasteiger partial charge in [-0.2, -0.15) is 0 Å². The molecule has 0 fully saturated rings. The minimum atomic E-state index is -0.419. The van der Waals surface area contributed by atoms with E-state index >= 15 is 0 Å². The van der Waals surface area contributed by atoms with Gasteiger partial charge in [-0.15, -0.1) is 0 Å². The van der Waals surface area contributed by atoms with Crippen molar-refractivity contribution in [3.8, 4) is 0 Å². The van der Waals surface area contributed by atoms with Gasteiger partial charge in [-0.05, 0) is 29.8 Å². The number of hydrogen-bond acceptors (Lipinski definition) is 1. The van der Waals surface area contributed by atoms with Gasteiger partial charge in [0.15, 0.2) is 0 Å². The van der Waals surface area contributed by atoms with Gasteiger partial charge in [-0.1, -0.05) is 35.9 Å². The number of hydrogen-bond donors (Lipinski definition) is 0. The fraction of sp³-hybridized carbons (Fsp3) is 0.133. The van der Waals surface area contributed by atoms with Gasteiger partial charge in [-0.25, -0.2) is 4.39 Å². The highest BCUT2D eigenvalue weighted by molar-refractivity contribution is 6.31. The second-order valence-corrected chi connectivity index (χ2v) is 4.67. The molecule has 98 valence electrons. The lowest BCUT2D eigenvalue weighted by atomic mass is 10.1. The van der Waals surface area contributed by atoms with E-state index in [1.807, 2.05) is 18.2 Å². The topological polar surface area (TPSA) is 20.3 Å². The molecule has 4 heteroatoms. The Hall–Kier alpha value is -1.87. The second-order valence-electron chi connectivity index (χ2n) is 4.26. The standard InChI is InChI=1S/C15H13ClFNO/c1-18(10-12-5-2-3-8-14(12)16)15(19)11-6-4-7-13(17)9-11/h2-9H,10H2,1H3. The molecule has 2 aromatic carbocycles. The molecule has 0 aliphatic heterocycles. The zero-order valence-corrected chi connectivity index (χ0v) is 11.2. The van der Waals surface area contributed by atoms with Crippen molar-refractivity contribution in [3.63, 3.8) is 0 Å². The summed E-state index contributed by atoms with van der Waals surface area (Å²) in [4.78, 5) is 13.6. The normalized spacial score (nSPS) is 10.3. The Bertz CT molecular complexity index is 600. The van der Waals surface area contributed by atoms with Gasteiger partial charge in [0.25, 0.3) is 5.91 Å². The van der Waals surface area contributed by atoms with E-state index in [0.717, 1.165) is 5.56 Å². The summed E-state index contributed by atoms with van der Waals surface area (Å²) in [6.45, 7) is 0.384. The third kappa shape index (κ3) is 3.32. The molecule has 0 unspecified atom stereocenters. The molecule has 0 N–H and O–H groups in total. The van der Waals surface area contributed by atoms with E-state index in [2.05, 4.69) is 0 Å². The maximum Gasteiger partial charge on any atom is 0.253 e. The SMILES string of the molecule is CN(Cc1ccccc1Cl)C(=O)c1cccc(F)c1. The largest absolute Gasteiger partial charge is 0.337 e. The van der Waals surface area contributed by atoms with Crippen molar-refractivity contribution in [1.29, 1.82) is 0 Å². The number of amides is 1. The van der Waals surface area contributed by atoms with Crippen molar-refractivity contribution >= 4 is 17.5 Å². The summed E-state index contributed by atoms with van der Waals surface area (Å²) in [6, 6.07) is 13.0. The molecule has 0 aliphatic rings. The van der Waals surface area contributed by atoms with Gasteiger partial charge in [0, 0.05) is 24.2 Å². The molecule has 0 heterocycles. The Morgan fingerprint density at radius 1 is 1.21 bits per heavy atom. The summed E-state index contributed by atoms with van der Waals surface area (Å²) in [5.41, 5.74) is 1.19. The van der Waals surface area contributed by atoms with Crippen molar-refractivity contribution in [2.45, 2.75) is 6.54 Å². The molecule has 0 radical (unpaired) electrons. The molecule has 0 saturated carbocycles. The third-order valence-corrected chi connectivity index (χ3v) is 3.15. The average molecular weight is 278 g/mol. The van der Waals surface area contributed by atoms with Crippen LogP contribution in [0.25, 0.3) is 0 Å². The fourth-order valence-corrected chi connectivity index (χ4v) is 1.99. The van der Waals surface area contributed by atoms with Gasteiger partial charge < -0.3 is 4.90 Å². The lowest BCUT2D eigenvalue weighted by Crippen LogP contribution is -2.26. The van der Waals surface area contributed by atoms with Gasteiger partial charge in [-0.3, -0.25) is 4.79 Å². The van der Waals surface area contributed by atoms with Crippen LogP contribution in [0.5, 0.6) is 0 Å². The predicted molar refractivity (Wildman–Crippen MR) is 73.6 cm³/mol. The maximum absolute atomic E-state index is 13.1. The van der Waals surface area contributed by atoms with Gasteiger partial charge in [0.1, 0.15) is 5.82 Å². The first-order valence-electron chi connectivity index (χ1n) is 5.82. The lowest BCUT2D eigenvalue weighted by molar-refractivity contribution is 0.0784. The van der Waals surface area contributed by atoms with E-state index < -0.39 is 5.82 Å². The van der Waals surface area contributed by atoms with Gasteiger partial charge >= 0.3 is 0 Å². The van der Waals surface area contributed by atoms with Crippen LogP contribution in [0.2, 0.25) is 5.02 Å². The summed E-state index contributed by atoms with van der Waals surface area (Å²) in [7, 11) is 1.66. The number of carbonyl (C=O) groups is 1. The predicted octanol–water partition coefficient (Wildman–Crippen LogP) is 3.75. The van der Waals surface area contributed by atoms with E-state index in [0.29, 0.717) is 17.1 Å². The van der Waals surface area contributed by atoms with Crippen molar-refractivity contribution in [3.05, 3.63) is 70.5 Å². The summed E-state index contributed by atoms with van der Waals surface area (Å²) in [5, 5.41) is 0.612. The molecule has 0 atom stereocenters. The van der Waals surface area contributed by atoms with E-state index in [9.17, 15) is 9.18 Å². The molecule has 2 aromatic rings. The van der Waals surface area contributed by atoms with Gasteiger partial charge in [0.05, 0.1) is 0 Å². The van der Waals surface area contributed by atoms with Crippen LogP contribution in [0, 0.1) is 5.82 Å². The third-order valence-electron chi connectivity index (χ3n) is 2.78. The highest BCUT2D eigenvalue weighted by Gasteiger charge is 2.13. The maximum atomic E-state index is 13.1. The van der Waals surface area contributed by atoms with E-state index in [1.165, 1.54) is 23.1 Å². The molecule has 0 aliphatic carbocycles. The Kier molecular flexibility index (Phi) is 4.17. The van der Waals surface area contributed by atoms with Gasteiger partial charge in [0.2, 0.25) is 0 Å². The Labute approximate surface area is 116 Å². The summed E-state index contributed by atoms with van der Waals surface area (Å²) in [5.74, 6) is -0.656. The minimum Gasteiger partial charge on any atom is -0.337 e. The van der Waals surface area contributed by atoms with Crippen LogP contribution in [-0.4, -0.2) is 17.9 Å². The first kappa shape index (κ1) is 13.6. The highest BCUT2D eigenvalue weighted by atomic mass is 35.5.